The minimum absolute atomic E-state index is 0.525. The first-order chi connectivity index (χ1) is 11.3. The van der Waals surface area contributed by atoms with E-state index in [9.17, 15) is 0 Å². The molecule has 3 heteroatoms. The van der Waals surface area contributed by atoms with Crippen LogP contribution >= 0.6 is 11.6 Å². The standard InChI is InChI=1S/C20H24ClNO/c21-20-8-6-18(7-9-20)19(16-17-4-2-1-3-5-17)10-11-22-12-14-23-15-13-22/h1-9,19H,10-16H2/t19-/m0/s1. The van der Waals surface area contributed by atoms with Crippen molar-refractivity contribution in [1.82, 2.24) is 4.90 Å². The molecule has 0 radical (unpaired) electrons. The van der Waals surface area contributed by atoms with Gasteiger partial charge in [-0.2, -0.15) is 0 Å². The van der Waals surface area contributed by atoms with E-state index in [-0.39, 0.29) is 0 Å². The van der Waals surface area contributed by atoms with Crippen LogP contribution in [0.4, 0.5) is 0 Å². The Morgan fingerprint density at radius 3 is 2.35 bits per heavy atom. The van der Waals surface area contributed by atoms with E-state index in [1.165, 1.54) is 11.1 Å². The lowest BCUT2D eigenvalue weighted by atomic mass is 9.89. The van der Waals surface area contributed by atoms with Gasteiger partial charge in [-0.15, -0.1) is 0 Å². The Hall–Kier alpha value is -1.35. The van der Waals surface area contributed by atoms with Gasteiger partial charge >= 0.3 is 0 Å². The number of halogens is 1. The Morgan fingerprint density at radius 2 is 1.65 bits per heavy atom. The molecule has 0 aromatic heterocycles. The Labute approximate surface area is 144 Å². The number of ether oxygens (including phenoxy) is 1. The van der Waals surface area contributed by atoms with E-state index in [4.69, 9.17) is 16.3 Å². The number of morpholine rings is 1. The van der Waals surface area contributed by atoms with E-state index in [1.807, 2.05) is 12.1 Å². The highest BCUT2D eigenvalue weighted by Gasteiger charge is 2.16. The van der Waals surface area contributed by atoms with Crippen LogP contribution in [0.2, 0.25) is 5.02 Å². The molecule has 0 spiro atoms. The van der Waals surface area contributed by atoms with Crippen LogP contribution in [0.5, 0.6) is 0 Å². The van der Waals surface area contributed by atoms with Crippen molar-refractivity contribution in [2.24, 2.45) is 0 Å². The van der Waals surface area contributed by atoms with Gasteiger partial charge in [0.2, 0.25) is 0 Å². The van der Waals surface area contributed by atoms with Crippen molar-refractivity contribution in [3.8, 4) is 0 Å². The van der Waals surface area contributed by atoms with Crippen LogP contribution in [0.3, 0.4) is 0 Å². The second kappa shape index (κ2) is 8.49. The van der Waals surface area contributed by atoms with E-state index in [2.05, 4.69) is 47.4 Å². The van der Waals surface area contributed by atoms with E-state index in [0.717, 1.165) is 50.7 Å². The lowest BCUT2D eigenvalue weighted by Crippen LogP contribution is -2.37. The monoisotopic (exact) mass is 329 g/mol. The SMILES string of the molecule is Clc1ccc([C@@H](CCN2CCOCC2)Cc2ccccc2)cc1. The fourth-order valence-electron chi connectivity index (χ4n) is 3.18. The van der Waals surface area contributed by atoms with Crippen molar-refractivity contribution >= 4 is 11.6 Å². The van der Waals surface area contributed by atoms with E-state index in [0.29, 0.717) is 5.92 Å². The van der Waals surface area contributed by atoms with Gasteiger partial charge in [0.15, 0.2) is 0 Å². The largest absolute Gasteiger partial charge is 0.379 e. The van der Waals surface area contributed by atoms with Gasteiger partial charge in [-0.1, -0.05) is 54.1 Å². The summed E-state index contributed by atoms with van der Waals surface area (Å²) in [7, 11) is 0. The van der Waals surface area contributed by atoms with Crippen molar-refractivity contribution in [3.05, 3.63) is 70.7 Å². The van der Waals surface area contributed by atoms with Crippen LogP contribution in [0.15, 0.2) is 54.6 Å². The summed E-state index contributed by atoms with van der Waals surface area (Å²) in [5.41, 5.74) is 2.78. The third kappa shape index (κ3) is 5.07. The third-order valence-corrected chi connectivity index (χ3v) is 4.82. The molecular formula is C20H24ClNO. The second-order valence-corrected chi connectivity index (χ2v) is 6.62. The predicted molar refractivity (Wildman–Crippen MR) is 96.2 cm³/mol. The smallest absolute Gasteiger partial charge is 0.0594 e. The summed E-state index contributed by atoms with van der Waals surface area (Å²) >= 11 is 6.05. The quantitative estimate of drug-likeness (QED) is 0.779. The maximum absolute atomic E-state index is 6.05. The highest BCUT2D eigenvalue weighted by Crippen LogP contribution is 2.26. The minimum atomic E-state index is 0.525. The second-order valence-electron chi connectivity index (χ2n) is 6.18. The molecule has 0 N–H and O–H groups in total. The topological polar surface area (TPSA) is 12.5 Å². The van der Waals surface area contributed by atoms with E-state index < -0.39 is 0 Å². The van der Waals surface area contributed by atoms with Gasteiger partial charge in [-0.25, -0.2) is 0 Å². The van der Waals surface area contributed by atoms with Crippen LogP contribution in [-0.2, 0) is 11.2 Å². The van der Waals surface area contributed by atoms with E-state index in [1.54, 1.807) is 0 Å². The third-order valence-electron chi connectivity index (χ3n) is 4.56. The van der Waals surface area contributed by atoms with Crippen LogP contribution in [0.25, 0.3) is 0 Å². The Kier molecular flexibility index (Phi) is 6.09. The molecule has 1 fully saturated rings. The fraction of sp³-hybridized carbons (Fsp3) is 0.400. The van der Waals surface area contributed by atoms with Crippen LogP contribution in [0.1, 0.15) is 23.5 Å². The van der Waals surface area contributed by atoms with Crippen molar-refractivity contribution in [3.63, 3.8) is 0 Å². The summed E-state index contributed by atoms with van der Waals surface area (Å²) in [4.78, 5) is 2.51. The average Bonchev–Trinajstić information content (AvgIpc) is 2.61. The Bertz CT molecular complexity index is 578. The average molecular weight is 330 g/mol. The zero-order chi connectivity index (χ0) is 15.9. The molecule has 2 aromatic rings. The number of benzene rings is 2. The molecule has 0 amide bonds. The molecule has 0 unspecified atom stereocenters. The van der Waals surface area contributed by atoms with Crippen LogP contribution in [0, 0.1) is 0 Å². The number of nitrogens with zero attached hydrogens (tertiary/aromatic N) is 1. The Morgan fingerprint density at radius 1 is 0.957 bits per heavy atom. The molecule has 1 atom stereocenters. The number of hydrogen-bond donors (Lipinski definition) is 0. The first-order valence-corrected chi connectivity index (χ1v) is 8.78. The van der Waals surface area contributed by atoms with Crippen molar-refractivity contribution in [2.75, 3.05) is 32.8 Å². The van der Waals surface area contributed by atoms with Gasteiger partial charge in [-0.3, -0.25) is 4.90 Å². The van der Waals surface area contributed by atoms with Gasteiger partial charge < -0.3 is 4.74 Å². The number of hydrogen-bond acceptors (Lipinski definition) is 2. The normalized spacial score (nSPS) is 17.1. The molecule has 23 heavy (non-hydrogen) atoms. The molecule has 0 saturated carbocycles. The molecular weight excluding hydrogens is 306 g/mol. The lowest BCUT2D eigenvalue weighted by Gasteiger charge is -2.28. The molecule has 1 saturated heterocycles. The summed E-state index contributed by atoms with van der Waals surface area (Å²) in [6, 6.07) is 19.1. The zero-order valence-electron chi connectivity index (χ0n) is 13.5. The first-order valence-electron chi connectivity index (χ1n) is 8.41. The summed E-state index contributed by atoms with van der Waals surface area (Å²) < 4.78 is 5.44. The molecule has 1 aliphatic heterocycles. The van der Waals surface area contributed by atoms with Gasteiger partial charge in [0.1, 0.15) is 0 Å². The van der Waals surface area contributed by atoms with Gasteiger partial charge in [-0.05, 0) is 48.6 Å². The maximum Gasteiger partial charge on any atom is 0.0594 e. The summed E-state index contributed by atoms with van der Waals surface area (Å²) in [6.45, 7) is 4.97. The lowest BCUT2D eigenvalue weighted by molar-refractivity contribution is 0.0365. The Balaban J connectivity index is 1.68. The van der Waals surface area contributed by atoms with Crippen molar-refractivity contribution in [2.45, 2.75) is 18.8 Å². The summed E-state index contributed by atoms with van der Waals surface area (Å²) in [6.07, 6.45) is 2.24. The molecule has 3 rings (SSSR count). The van der Waals surface area contributed by atoms with Crippen molar-refractivity contribution in [1.29, 1.82) is 0 Å². The minimum Gasteiger partial charge on any atom is -0.379 e. The van der Waals surface area contributed by atoms with Gasteiger partial charge in [0.05, 0.1) is 13.2 Å². The highest BCUT2D eigenvalue weighted by atomic mass is 35.5. The molecule has 2 aromatic carbocycles. The maximum atomic E-state index is 6.05. The zero-order valence-corrected chi connectivity index (χ0v) is 14.2. The molecule has 1 heterocycles. The molecule has 0 aliphatic carbocycles. The highest BCUT2D eigenvalue weighted by molar-refractivity contribution is 6.30. The summed E-state index contributed by atoms with van der Waals surface area (Å²) in [5.74, 6) is 0.525. The molecule has 122 valence electrons. The van der Waals surface area contributed by atoms with Gasteiger partial charge in [0.25, 0.3) is 0 Å². The summed E-state index contributed by atoms with van der Waals surface area (Å²) in [5, 5.41) is 0.806. The van der Waals surface area contributed by atoms with Crippen molar-refractivity contribution < 1.29 is 4.74 Å². The molecule has 1 aliphatic rings. The first kappa shape index (κ1) is 16.5. The molecule has 0 bridgehead atoms. The molecule has 2 nitrogen and oxygen atoms in total. The predicted octanol–water partition coefficient (Wildman–Crippen LogP) is 4.39. The number of rotatable bonds is 6. The van der Waals surface area contributed by atoms with Crippen LogP contribution < -0.4 is 0 Å². The van der Waals surface area contributed by atoms with Gasteiger partial charge in [0, 0.05) is 18.1 Å². The fourth-order valence-corrected chi connectivity index (χ4v) is 3.31. The van der Waals surface area contributed by atoms with Crippen LogP contribution in [-0.4, -0.2) is 37.7 Å². The van der Waals surface area contributed by atoms with E-state index >= 15 is 0 Å².